The molecule has 0 saturated carbocycles. The van der Waals surface area contributed by atoms with Gasteiger partial charge in [0.15, 0.2) is 0 Å². The van der Waals surface area contributed by atoms with Gasteiger partial charge in [0.2, 0.25) is 0 Å². The van der Waals surface area contributed by atoms with Gasteiger partial charge in [-0.05, 0) is 48.4 Å². The average Bonchev–Trinajstić information content (AvgIpc) is 2.35. The zero-order valence-electron chi connectivity index (χ0n) is 9.71. The summed E-state index contributed by atoms with van der Waals surface area (Å²) in [6.07, 6.45) is 0. The van der Waals surface area contributed by atoms with Crippen molar-refractivity contribution in [1.29, 1.82) is 0 Å². The van der Waals surface area contributed by atoms with Crippen LogP contribution in [0.15, 0.2) is 40.9 Å². The molecule has 0 aliphatic carbocycles. The fourth-order valence-corrected chi connectivity index (χ4v) is 1.87. The van der Waals surface area contributed by atoms with Gasteiger partial charge in [0.1, 0.15) is 18.2 Å². The molecule has 2 aromatic rings. The lowest BCUT2D eigenvalue weighted by molar-refractivity contribution is 0.305. The van der Waals surface area contributed by atoms with Crippen molar-refractivity contribution in [3.05, 3.63) is 62.8 Å². The van der Waals surface area contributed by atoms with Crippen LogP contribution < -0.4 is 4.74 Å². The Morgan fingerprint density at radius 2 is 2.00 bits per heavy atom. The van der Waals surface area contributed by atoms with E-state index in [2.05, 4.69) is 15.9 Å². The fourth-order valence-electron chi connectivity index (χ4n) is 1.50. The van der Waals surface area contributed by atoms with E-state index in [1.54, 1.807) is 6.07 Å². The van der Waals surface area contributed by atoms with Crippen molar-refractivity contribution in [1.82, 2.24) is 0 Å². The highest BCUT2D eigenvalue weighted by Gasteiger charge is 2.03. The zero-order valence-corrected chi connectivity index (χ0v) is 12.1. The van der Waals surface area contributed by atoms with Crippen molar-refractivity contribution in [3.8, 4) is 5.75 Å². The highest BCUT2D eigenvalue weighted by Crippen LogP contribution is 2.23. The van der Waals surface area contributed by atoms with E-state index in [0.717, 1.165) is 21.3 Å². The molecule has 0 unspecified atom stereocenters. The molecule has 4 heteroatoms. The Bertz CT molecular complexity index is 520. The number of hydrogen-bond acceptors (Lipinski definition) is 1. The van der Waals surface area contributed by atoms with Crippen LogP contribution in [0.4, 0.5) is 4.39 Å². The summed E-state index contributed by atoms with van der Waals surface area (Å²) in [5.41, 5.74) is 1.84. The molecule has 0 saturated heterocycles. The molecule has 94 valence electrons. The number of benzene rings is 2. The van der Waals surface area contributed by atoms with E-state index in [-0.39, 0.29) is 5.02 Å². The maximum atomic E-state index is 13.2. The van der Waals surface area contributed by atoms with Crippen LogP contribution in [0.5, 0.6) is 5.75 Å². The molecule has 0 amide bonds. The summed E-state index contributed by atoms with van der Waals surface area (Å²) in [5.74, 6) is 0.329. The summed E-state index contributed by atoms with van der Waals surface area (Å²) in [4.78, 5) is 0. The fraction of sp³-hybridized carbons (Fsp3) is 0.143. The molecule has 18 heavy (non-hydrogen) atoms. The highest BCUT2D eigenvalue weighted by atomic mass is 79.9. The Balaban J connectivity index is 2.06. The van der Waals surface area contributed by atoms with Crippen LogP contribution in [-0.2, 0) is 6.61 Å². The van der Waals surface area contributed by atoms with Crippen LogP contribution in [0.3, 0.4) is 0 Å². The topological polar surface area (TPSA) is 9.23 Å². The molecule has 2 rings (SSSR count). The zero-order chi connectivity index (χ0) is 13.1. The summed E-state index contributed by atoms with van der Waals surface area (Å²) in [5, 5.41) is 0.123. The second-order valence-electron chi connectivity index (χ2n) is 3.95. The Morgan fingerprint density at radius 1 is 1.22 bits per heavy atom. The molecule has 0 aromatic heterocycles. The number of rotatable bonds is 3. The average molecular weight is 330 g/mol. The van der Waals surface area contributed by atoms with Crippen LogP contribution in [0.25, 0.3) is 0 Å². The van der Waals surface area contributed by atoms with E-state index >= 15 is 0 Å². The number of halogens is 3. The molecule has 0 heterocycles. The van der Waals surface area contributed by atoms with Crippen LogP contribution in [0.2, 0.25) is 5.02 Å². The van der Waals surface area contributed by atoms with Gasteiger partial charge in [0.05, 0.1) is 5.02 Å². The van der Waals surface area contributed by atoms with Gasteiger partial charge in [-0.2, -0.15) is 0 Å². The number of hydrogen-bond donors (Lipinski definition) is 0. The minimum absolute atomic E-state index is 0.123. The van der Waals surface area contributed by atoms with Gasteiger partial charge in [-0.25, -0.2) is 4.39 Å². The minimum atomic E-state index is -0.426. The monoisotopic (exact) mass is 328 g/mol. The number of aryl methyl sites for hydroxylation is 1. The molecule has 2 aromatic carbocycles. The number of ether oxygens (including phenoxy) is 1. The van der Waals surface area contributed by atoms with Gasteiger partial charge < -0.3 is 4.74 Å². The van der Waals surface area contributed by atoms with Crippen molar-refractivity contribution in [2.75, 3.05) is 0 Å². The lowest BCUT2D eigenvalue weighted by Crippen LogP contribution is -1.96. The van der Waals surface area contributed by atoms with Crippen molar-refractivity contribution in [2.45, 2.75) is 13.5 Å². The molecular weight excluding hydrogens is 319 g/mol. The predicted molar refractivity (Wildman–Crippen MR) is 74.6 cm³/mol. The SMILES string of the molecule is Cc1cc(OCc2ccc(Cl)c(F)c2)ccc1Br. The molecule has 0 N–H and O–H groups in total. The van der Waals surface area contributed by atoms with Crippen molar-refractivity contribution >= 4 is 27.5 Å². The summed E-state index contributed by atoms with van der Waals surface area (Å²) in [7, 11) is 0. The molecular formula is C14H11BrClFO. The van der Waals surface area contributed by atoms with E-state index < -0.39 is 5.82 Å². The lowest BCUT2D eigenvalue weighted by Gasteiger charge is -2.08. The highest BCUT2D eigenvalue weighted by molar-refractivity contribution is 9.10. The molecule has 0 atom stereocenters. The van der Waals surface area contributed by atoms with E-state index in [9.17, 15) is 4.39 Å². The van der Waals surface area contributed by atoms with Crippen LogP contribution in [-0.4, -0.2) is 0 Å². The molecule has 0 bridgehead atoms. The normalized spacial score (nSPS) is 10.4. The minimum Gasteiger partial charge on any atom is -0.489 e. The van der Waals surface area contributed by atoms with E-state index in [1.807, 2.05) is 25.1 Å². The Labute approximate surface area is 119 Å². The smallest absolute Gasteiger partial charge is 0.142 e. The van der Waals surface area contributed by atoms with Crippen molar-refractivity contribution in [3.63, 3.8) is 0 Å². The Morgan fingerprint density at radius 3 is 2.67 bits per heavy atom. The predicted octanol–water partition coefficient (Wildman–Crippen LogP) is 5.13. The first-order chi connectivity index (χ1) is 8.56. The summed E-state index contributed by atoms with van der Waals surface area (Å²) in [6, 6.07) is 10.4. The van der Waals surface area contributed by atoms with Gasteiger partial charge >= 0.3 is 0 Å². The van der Waals surface area contributed by atoms with Crippen molar-refractivity contribution < 1.29 is 9.13 Å². The third-order valence-electron chi connectivity index (χ3n) is 2.52. The molecule has 0 aliphatic rings. The first kappa shape index (κ1) is 13.4. The van der Waals surface area contributed by atoms with Gasteiger partial charge in [-0.3, -0.25) is 0 Å². The van der Waals surface area contributed by atoms with Crippen LogP contribution in [0.1, 0.15) is 11.1 Å². The largest absolute Gasteiger partial charge is 0.489 e. The lowest BCUT2D eigenvalue weighted by atomic mass is 10.2. The van der Waals surface area contributed by atoms with E-state index in [0.29, 0.717) is 6.61 Å². The summed E-state index contributed by atoms with van der Waals surface area (Å²) >= 11 is 9.04. The molecule has 0 aliphatic heterocycles. The molecule has 0 fully saturated rings. The Kier molecular flexibility index (Phi) is 4.25. The summed E-state index contributed by atoms with van der Waals surface area (Å²) < 4.78 is 19.9. The first-order valence-corrected chi connectivity index (χ1v) is 6.56. The third kappa shape index (κ3) is 3.24. The van der Waals surface area contributed by atoms with Gasteiger partial charge in [0, 0.05) is 4.47 Å². The van der Waals surface area contributed by atoms with Gasteiger partial charge in [-0.1, -0.05) is 33.6 Å². The maximum Gasteiger partial charge on any atom is 0.142 e. The Hall–Kier alpha value is -1.06. The maximum absolute atomic E-state index is 13.2. The second-order valence-corrected chi connectivity index (χ2v) is 5.21. The van der Waals surface area contributed by atoms with Crippen LogP contribution in [0, 0.1) is 12.7 Å². The van der Waals surface area contributed by atoms with Gasteiger partial charge in [-0.15, -0.1) is 0 Å². The first-order valence-electron chi connectivity index (χ1n) is 5.39. The van der Waals surface area contributed by atoms with E-state index in [4.69, 9.17) is 16.3 Å². The quantitative estimate of drug-likeness (QED) is 0.758. The van der Waals surface area contributed by atoms with Gasteiger partial charge in [0.25, 0.3) is 0 Å². The van der Waals surface area contributed by atoms with Crippen molar-refractivity contribution in [2.24, 2.45) is 0 Å². The summed E-state index contributed by atoms with van der Waals surface area (Å²) in [6.45, 7) is 2.30. The second kappa shape index (κ2) is 5.72. The molecule has 1 nitrogen and oxygen atoms in total. The van der Waals surface area contributed by atoms with E-state index in [1.165, 1.54) is 12.1 Å². The van der Waals surface area contributed by atoms with Crippen LogP contribution >= 0.6 is 27.5 Å². The molecule has 0 spiro atoms. The third-order valence-corrected chi connectivity index (χ3v) is 3.72. The molecule has 0 radical (unpaired) electrons. The standard InChI is InChI=1S/C14H11BrClFO/c1-9-6-11(3-4-12(9)15)18-8-10-2-5-13(16)14(17)7-10/h2-7H,8H2,1H3.